The van der Waals surface area contributed by atoms with E-state index in [9.17, 15) is 4.79 Å². The van der Waals surface area contributed by atoms with Gasteiger partial charge in [0.05, 0.1) is 0 Å². The van der Waals surface area contributed by atoms with Crippen LogP contribution in [0.4, 0.5) is 0 Å². The minimum absolute atomic E-state index is 0.292. The molecule has 1 atom stereocenters. The third kappa shape index (κ3) is 3.19. The van der Waals surface area contributed by atoms with Crippen molar-refractivity contribution in [2.24, 2.45) is 0 Å². The molecule has 0 saturated carbocycles. The van der Waals surface area contributed by atoms with Gasteiger partial charge in [-0.05, 0) is 24.6 Å². The van der Waals surface area contributed by atoms with Crippen molar-refractivity contribution in [3.8, 4) is 5.75 Å². The fourth-order valence-corrected chi connectivity index (χ4v) is 1.27. The van der Waals surface area contributed by atoms with Gasteiger partial charge in [-0.3, -0.25) is 4.79 Å². The lowest BCUT2D eigenvalue weighted by Gasteiger charge is -2.04. The van der Waals surface area contributed by atoms with E-state index in [2.05, 4.69) is 15.9 Å². The zero-order valence-corrected chi connectivity index (χ0v) is 9.17. The van der Waals surface area contributed by atoms with Crippen molar-refractivity contribution in [1.29, 1.82) is 0 Å². The molecule has 0 N–H and O–H groups in total. The Hall–Kier alpha value is -0.830. The first-order valence-electron chi connectivity index (χ1n) is 4.02. The average Bonchev–Trinajstić information content (AvgIpc) is 2.04. The van der Waals surface area contributed by atoms with Crippen LogP contribution in [0.3, 0.4) is 0 Å². The Morgan fingerprint density at radius 1 is 1.38 bits per heavy atom. The summed E-state index contributed by atoms with van der Waals surface area (Å²) < 4.78 is 4.89. The van der Waals surface area contributed by atoms with Crippen LogP contribution in [0.25, 0.3) is 0 Å². The standard InChI is InChI=1S/C10H11BrO2/c1-7(11)9-3-5-10(6-4-9)13-8(2)12/h3-7H,1-2H3. The number of benzene rings is 1. The Labute approximate surface area is 86.0 Å². The van der Waals surface area contributed by atoms with Crippen LogP contribution in [-0.2, 0) is 4.79 Å². The summed E-state index contributed by atoms with van der Waals surface area (Å²) in [6, 6.07) is 7.43. The van der Waals surface area contributed by atoms with Crippen molar-refractivity contribution in [2.75, 3.05) is 0 Å². The molecule has 0 aliphatic heterocycles. The molecule has 0 spiro atoms. The highest BCUT2D eigenvalue weighted by atomic mass is 79.9. The van der Waals surface area contributed by atoms with Crippen molar-refractivity contribution in [3.05, 3.63) is 29.8 Å². The normalized spacial score (nSPS) is 12.2. The number of halogens is 1. The lowest BCUT2D eigenvalue weighted by atomic mass is 10.2. The molecule has 0 fully saturated rings. The molecule has 0 aliphatic rings. The number of esters is 1. The Morgan fingerprint density at radius 2 is 1.92 bits per heavy atom. The first kappa shape index (κ1) is 10.3. The van der Waals surface area contributed by atoms with Crippen LogP contribution in [0, 0.1) is 0 Å². The van der Waals surface area contributed by atoms with E-state index in [0.29, 0.717) is 10.6 Å². The van der Waals surface area contributed by atoms with E-state index in [1.165, 1.54) is 6.92 Å². The fourth-order valence-electron chi connectivity index (χ4n) is 0.967. The third-order valence-electron chi connectivity index (χ3n) is 1.60. The molecule has 0 radical (unpaired) electrons. The highest BCUT2D eigenvalue weighted by Gasteiger charge is 2.01. The van der Waals surface area contributed by atoms with Crippen molar-refractivity contribution in [1.82, 2.24) is 0 Å². The van der Waals surface area contributed by atoms with Gasteiger partial charge in [0.1, 0.15) is 5.75 Å². The third-order valence-corrected chi connectivity index (χ3v) is 2.13. The summed E-state index contributed by atoms with van der Waals surface area (Å²) >= 11 is 3.45. The van der Waals surface area contributed by atoms with Gasteiger partial charge < -0.3 is 4.74 Å². The van der Waals surface area contributed by atoms with Gasteiger partial charge in [0, 0.05) is 11.8 Å². The van der Waals surface area contributed by atoms with Crippen LogP contribution in [0.2, 0.25) is 0 Å². The molecule has 1 aromatic carbocycles. The van der Waals surface area contributed by atoms with E-state index in [4.69, 9.17) is 4.74 Å². The smallest absolute Gasteiger partial charge is 0.308 e. The van der Waals surface area contributed by atoms with Crippen LogP contribution in [0.5, 0.6) is 5.75 Å². The van der Waals surface area contributed by atoms with Crippen LogP contribution < -0.4 is 4.74 Å². The second-order valence-electron chi connectivity index (χ2n) is 2.78. The number of carbonyl (C=O) groups is 1. The summed E-state index contributed by atoms with van der Waals surface area (Å²) in [5, 5.41) is 0. The number of hydrogen-bond acceptors (Lipinski definition) is 2. The predicted octanol–water partition coefficient (Wildman–Crippen LogP) is 3.07. The van der Waals surface area contributed by atoms with Crippen LogP contribution in [0.15, 0.2) is 24.3 Å². The molecule has 1 unspecified atom stereocenters. The second kappa shape index (κ2) is 4.42. The largest absolute Gasteiger partial charge is 0.427 e. The molecule has 0 heterocycles. The molecule has 0 aliphatic carbocycles. The first-order valence-corrected chi connectivity index (χ1v) is 4.93. The highest BCUT2D eigenvalue weighted by Crippen LogP contribution is 2.23. The molecule has 0 aromatic heterocycles. The van der Waals surface area contributed by atoms with Gasteiger partial charge in [-0.1, -0.05) is 28.1 Å². The summed E-state index contributed by atoms with van der Waals surface area (Å²) in [4.78, 5) is 10.9. The van der Waals surface area contributed by atoms with Crippen molar-refractivity contribution in [3.63, 3.8) is 0 Å². The molecule has 1 aromatic rings. The topological polar surface area (TPSA) is 26.3 Å². The molecular weight excluding hydrogens is 232 g/mol. The lowest BCUT2D eigenvalue weighted by Crippen LogP contribution is -2.01. The molecule has 0 bridgehead atoms. The maximum absolute atomic E-state index is 10.6. The summed E-state index contributed by atoms with van der Waals surface area (Å²) in [7, 11) is 0. The van der Waals surface area contributed by atoms with Gasteiger partial charge >= 0.3 is 5.97 Å². The molecule has 2 nitrogen and oxygen atoms in total. The van der Waals surface area contributed by atoms with Gasteiger partial charge in [-0.2, -0.15) is 0 Å². The molecule has 1 rings (SSSR count). The van der Waals surface area contributed by atoms with Crippen LogP contribution in [-0.4, -0.2) is 5.97 Å². The van der Waals surface area contributed by atoms with Crippen LogP contribution in [0.1, 0.15) is 24.2 Å². The maximum atomic E-state index is 10.6. The Morgan fingerprint density at radius 3 is 2.31 bits per heavy atom. The maximum Gasteiger partial charge on any atom is 0.308 e. The monoisotopic (exact) mass is 242 g/mol. The molecule has 0 saturated heterocycles. The van der Waals surface area contributed by atoms with Crippen LogP contribution >= 0.6 is 15.9 Å². The first-order chi connectivity index (χ1) is 6.09. The predicted molar refractivity (Wildman–Crippen MR) is 55.1 cm³/mol. The Bertz CT molecular complexity index is 290. The van der Waals surface area contributed by atoms with E-state index in [0.717, 1.165) is 5.56 Å². The number of alkyl halides is 1. The summed E-state index contributed by atoms with van der Waals surface area (Å²) in [5.41, 5.74) is 1.16. The van der Waals surface area contributed by atoms with E-state index >= 15 is 0 Å². The van der Waals surface area contributed by atoms with E-state index in [1.54, 1.807) is 12.1 Å². The van der Waals surface area contributed by atoms with Gasteiger partial charge in [-0.15, -0.1) is 0 Å². The molecule has 3 heteroatoms. The zero-order valence-electron chi connectivity index (χ0n) is 7.58. The second-order valence-corrected chi connectivity index (χ2v) is 4.15. The molecule has 13 heavy (non-hydrogen) atoms. The number of hydrogen-bond donors (Lipinski definition) is 0. The van der Waals surface area contributed by atoms with E-state index < -0.39 is 0 Å². The molecule has 70 valence electrons. The minimum Gasteiger partial charge on any atom is -0.427 e. The Kier molecular flexibility index (Phi) is 3.48. The fraction of sp³-hybridized carbons (Fsp3) is 0.300. The van der Waals surface area contributed by atoms with Crippen molar-refractivity contribution >= 4 is 21.9 Å². The van der Waals surface area contributed by atoms with E-state index in [-0.39, 0.29) is 5.97 Å². The summed E-state index contributed by atoms with van der Waals surface area (Å²) in [6.45, 7) is 3.43. The quantitative estimate of drug-likeness (QED) is 0.453. The van der Waals surface area contributed by atoms with Crippen molar-refractivity contribution < 1.29 is 9.53 Å². The summed E-state index contributed by atoms with van der Waals surface area (Å²) in [5.74, 6) is 0.295. The van der Waals surface area contributed by atoms with Gasteiger partial charge in [0.25, 0.3) is 0 Å². The number of ether oxygens (including phenoxy) is 1. The van der Waals surface area contributed by atoms with Gasteiger partial charge in [0.15, 0.2) is 0 Å². The number of carbonyl (C=O) groups excluding carboxylic acids is 1. The van der Waals surface area contributed by atoms with Gasteiger partial charge in [-0.25, -0.2) is 0 Å². The van der Waals surface area contributed by atoms with Gasteiger partial charge in [0.2, 0.25) is 0 Å². The molecule has 0 amide bonds. The SMILES string of the molecule is CC(=O)Oc1ccc(C(C)Br)cc1. The average molecular weight is 243 g/mol. The van der Waals surface area contributed by atoms with Crippen molar-refractivity contribution in [2.45, 2.75) is 18.7 Å². The van der Waals surface area contributed by atoms with E-state index in [1.807, 2.05) is 19.1 Å². The Balaban J connectivity index is 2.75. The lowest BCUT2D eigenvalue weighted by molar-refractivity contribution is -0.131. The summed E-state index contributed by atoms with van der Waals surface area (Å²) in [6.07, 6.45) is 0. The highest BCUT2D eigenvalue weighted by molar-refractivity contribution is 9.09. The molecular formula is C10H11BrO2. The zero-order chi connectivity index (χ0) is 9.84. The number of rotatable bonds is 2. The minimum atomic E-state index is -0.292.